The Kier molecular flexibility index (Phi) is 6.89. The number of nitro benzene ring substituents is 1. The Labute approximate surface area is 157 Å². The molecule has 1 aromatic heterocycles. The van der Waals surface area contributed by atoms with Crippen molar-refractivity contribution in [1.82, 2.24) is 14.0 Å². The van der Waals surface area contributed by atoms with Gasteiger partial charge in [0.25, 0.3) is 11.2 Å². The quantitative estimate of drug-likeness (QED) is 0.517. The standard InChI is InChI=1S/C18H25N5O4/c1-4-22(11-9-14-5-7-15(8-6-14)23(26)27)12-10-19-16-13-17(24)21(3)18(25)20(16)2/h5-8,13,19H,4,9-12H2,1-3H3. The van der Waals surface area contributed by atoms with Gasteiger partial charge in [0.1, 0.15) is 5.82 Å². The zero-order valence-corrected chi connectivity index (χ0v) is 15.8. The molecular formula is C18H25N5O4. The molecule has 0 radical (unpaired) electrons. The van der Waals surface area contributed by atoms with Crippen LogP contribution in [-0.4, -0.2) is 45.1 Å². The van der Waals surface area contributed by atoms with Crippen molar-refractivity contribution in [2.75, 3.05) is 31.5 Å². The van der Waals surface area contributed by atoms with Crippen LogP contribution in [0.4, 0.5) is 11.5 Å². The molecule has 0 saturated heterocycles. The number of rotatable bonds is 9. The average molecular weight is 375 g/mol. The Morgan fingerprint density at radius 3 is 2.37 bits per heavy atom. The number of non-ortho nitro benzene ring substituents is 1. The van der Waals surface area contributed by atoms with E-state index >= 15 is 0 Å². The van der Waals surface area contributed by atoms with Crippen LogP contribution in [0.1, 0.15) is 12.5 Å². The Hall–Kier alpha value is -2.94. The highest BCUT2D eigenvalue weighted by Gasteiger charge is 2.08. The molecule has 0 amide bonds. The molecule has 1 heterocycles. The van der Waals surface area contributed by atoms with E-state index in [1.807, 2.05) is 0 Å². The van der Waals surface area contributed by atoms with Gasteiger partial charge in [-0.15, -0.1) is 0 Å². The largest absolute Gasteiger partial charge is 0.370 e. The normalized spacial score (nSPS) is 11.0. The molecule has 1 N–H and O–H groups in total. The lowest BCUT2D eigenvalue weighted by Gasteiger charge is -2.21. The van der Waals surface area contributed by atoms with Crippen molar-refractivity contribution in [3.8, 4) is 0 Å². The van der Waals surface area contributed by atoms with Crippen LogP contribution in [0.5, 0.6) is 0 Å². The van der Waals surface area contributed by atoms with Gasteiger partial charge in [-0.25, -0.2) is 4.79 Å². The van der Waals surface area contributed by atoms with Crippen molar-refractivity contribution in [3.63, 3.8) is 0 Å². The highest BCUT2D eigenvalue weighted by atomic mass is 16.6. The summed E-state index contributed by atoms with van der Waals surface area (Å²) in [4.78, 5) is 36.2. The number of hydrogen-bond acceptors (Lipinski definition) is 6. The van der Waals surface area contributed by atoms with E-state index in [4.69, 9.17) is 0 Å². The van der Waals surface area contributed by atoms with E-state index in [9.17, 15) is 19.7 Å². The van der Waals surface area contributed by atoms with Crippen molar-refractivity contribution in [1.29, 1.82) is 0 Å². The minimum Gasteiger partial charge on any atom is -0.370 e. The first-order chi connectivity index (χ1) is 12.8. The average Bonchev–Trinajstić information content (AvgIpc) is 2.66. The Balaban J connectivity index is 1.88. The van der Waals surface area contributed by atoms with Gasteiger partial charge in [-0.05, 0) is 18.5 Å². The van der Waals surface area contributed by atoms with E-state index in [2.05, 4.69) is 17.1 Å². The SMILES string of the molecule is CCN(CCNc1cc(=O)n(C)c(=O)n1C)CCc1ccc([N+](=O)[O-])cc1. The van der Waals surface area contributed by atoms with Gasteiger partial charge in [0.05, 0.1) is 4.92 Å². The first kappa shape index (κ1) is 20.4. The predicted molar refractivity (Wildman–Crippen MR) is 104 cm³/mol. The van der Waals surface area contributed by atoms with Gasteiger partial charge in [0.15, 0.2) is 0 Å². The molecule has 0 bridgehead atoms. The third-order valence-electron chi connectivity index (χ3n) is 4.57. The predicted octanol–water partition coefficient (Wildman–Crippen LogP) is 0.969. The number of likely N-dealkylation sites (N-methyl/N-ethyl adjacent to an activating group) is 1. The van der Waals surface area contributed by atoms with E-state index in [1.54, 1.807) is 19.2 Å². The van der Waals surface area contributed by atoms with E-state index < -0.39 is 4.92 Å². The lowest BCUT2D eigenvalue weighted by atomic mass is 10.1. The molecule has 2 rings (SSSR count). The van der Waals surface area contributed by atoms with Crippen LogP contribution in [0.15, 0.2) is 39.9 Å². The second-order valence-electron chi connectivity index (χ2n) is 6.30. The van der Waals surface area contributed by atoms with Gasteiger partial charge in [-0.2, -0.15) is 0 Å². The fourth-order valence-electron chi connectivity index (χ4n) is 2.74. The van der Waals surface area contributed by atoms with Crippen molar-refractivity contribution in [3.05, 3.63) is 66.8 Å². The van der Waals surface area contributed by atoms with Crippen molar-refractivity contribution < 1.29 is 4.92 Å². The molecule has 0 unspecified atom stereocenters. The minimum atomic E-state index is -0.405. The Morgan fingerprint density at radius 2 is 1.78 bits per heavy atom. The monoisotopic (exact) mass is 375 g/mol. The maximum absolute atomic E-state index is 11.9. The molecule has 9 nitrogen and oxygen atoms in total. The molecule has 0 atom stereocenters. The molecule has 2 aromatic rings. The number of nitrogens with one attached hydrogen (secondary N) is 1. The molecule has 1 aromatic carbocycles. The van der Waals surface area contributed by atoms with Crippen molar-refractivity contribution in [2.24, 2.45) is 14.1 Å². The molecular weight excluding hydrogens is 350 g/mol. The van der Waals surface area contributed by atoms with E-state index in [-0.39, 0.29) is 16.9 Å². The summed E-state index contributed by atoms with van der Waals surface area (Å²) in [5.74, 6) is 0.495. The van der Waals surface area contributed by atoms with Crippen LogP contribution in [-0.2, 0) is 20.5 Å². The van der Waals surface area contributed by atoms with Gasteiger partial charge in [0.2, 0.25) is 0 Å². The Morgan fingerprint density at radius 1 is 1.11 bits per heavy atom. The van der Waals surface area contributed by atoms with Crippen LogP contribution in [0.25, 0.3) is 0 Å². The number of anilines is 1. The Bertz CT molecular complexity index is 901. The summed E-state index contributed by atoms with van der Waals surface area (Å²) in [6.45, 7) is 5.06. The summed E-state index contributed by atoms with van der Waals surface area (Å²) in [6.07, 6.45) is 0.788. The third-order valence-corrected chi connectivity index (χ3v) is 4.57. The number of nitro groups is 1. The van der Waals surface area contributed by atoms with Crippen molar-refractivity contribution in [2.45, 2.75) is 13.3 Å². The maximum atomic E-state index is 11.9. The van der Waals surface area contributed by atoms with E-state index in [0.717, 1.165) is 36.2 Å². The summed E-state index contributed by atoms with van der Waals surface area (Å²) in [5, 5.41) is 13.8. The molecule has 9 heteroatoms. The smallest absolute Gasteiger partial charge is 0.332 e. The summed E-state index contributed by atoms with van der Waals surface area (Å²) >= 11 is 0. The number of aromatic nitrogens is 2. The highest BCUT2D eigenvalue weighted by Crippen LogP contribution is 2.12. The number of nitrogens with zero attached hydrogens (tertiary/aromatic N) is 4. The van der Waals surface area contributed by atoms with Crippen LogP contribution in [0.2, 0.25) is 0 Å². The molecule has 0 aliphatic heterocycles. The fourth-order valence-corrected chi connectivity index (χ4v) is 2.74. The van der Waals surface area contributed by atoms with Gasteiger partial charge >= 0.3 is 5.69 Å². The van der Waals surface area contributed by atoms with Crippen LogP contribution >= 0.6 is 0 Å². The summed E-state index contributed by atoms with van der Waals surface area (Å²) in [7, 11) is 3.07. The number of hydrogen-bond donors (Lipinski definition) is 1. The first-order valence-electron chi connectivity index (χ1n) is 8.80. The zero-order chi connectivity index (χ0) is 20.0. The maximum Gasteiger partial charge on any atom is 0.332 e. The topological polar surface area (TPSA) is 102 Å². The van der Waals surface area contributed by atoms with Gasteiger partial charge < -0.3 is 10.2 Å². The van der Waals surface area contributed by atoms with Crippen molar-refractivity contribution >= 4 is 11.5 Å². The highest BCUT2D eigenvalue weighted by molar-refractivity contribution is 5.34. The second-order valence-corrected chi connectivity index (χ2v) is 6.30. The molecule has 0 fully saturated rings. The summed E-state index contributed by atoms with van der Waals surface area (Å²) in [5.41, 5.74) is 0.428. The number of benzene rings is 1. The molecule has 27 heavy (non-hydrogen) atoms. The second kappa shape index (κ2) is 9.13. The molecule has 0 aliphatic carbocycles. The van der Waals surface area contributed by atoms with Gasteiger partial charge in [-0.1, -0.05) is 19.1 Å². The first-order valence-corrected chi connectivity index (χ1v) is 8.80. The lowest BCUT2D eigenvalue weighted by molar-refractivity contribution is -0.384. The molecule has 0 saturated carbocycles. The molecule has 0 spiro atoms. The van der Waals surface area contributed by atoms with E-state index in [0.29, 0.717) is 12.4 Å². The molecule has 0 aliphatic rings. The fraction of sp³-hybridized carbons (Fsp3) is 0.444. The van der Waals surface area contributed by atoms with E-state index in [1.165, 1.54) is 29.8 Å². The summed E-state index contributed by atoms with van der Waals surface area (Å²) in [6, 6.07) is 8.00. The van der Waals surface area contributed by atoms with Gasteiger partial charge in [0, 0.05) is 51.9 Å². The van der Waals surface area contributed by atoms with Gasteiger partial charge in [-0.3, -0.25) is 24.0 Å². The summed E-state index contributed by atoms with van der Waals surface area (Å²) < 4.78 is 2.47. The van der Waals surface area contributed by atoms with Crippen LogP contribution in [0, 0.1) is 10.1 Å². The zero-order valence-electron chi connectivity index (χ0n) is 15.8. The lowest BCUT2D eigenvalue weighted by Crippen LogP contribution is -2.38. The van der Waals surface area contributed by atoms with Crippen LogP contribution in [0.3, 0.4) is 0 Å². The minimum absolute atomic E-state index is 0.0925. The van der Waals surface area contributed by atoms with Crippen LogP contribution < -0.4 is 16.6 Å². The molecule has 146 valence electrons. The third kappa shape index (κ3) is 5.27.